The molecule has 1 heteroatoms. The molecule has 1 unspecified atom stereocenters. The number of aliphatic hydroxyl groups excluding tert-OH is 1. The van der Waals surface area contributed by atoms with Gasteiger partial charge in [0.25, 0.3) is 0 Å². The zero-order valence-electron chi connectivity index (χ0n) is 30.6. The third kappa shape index (κ3) is 39.9. The highest BCUT2D eigenvalue weighted by Crippen LogP contribution is 2.18. The van der Waals surface area contributed by atoms with Crippen LogP contribution in [0.25, 0.3) is 0 Å². The topological polar surface area (TPSA) is 20.2 Å². The third-order valence-electron chi connectivity index (χ3n) is 10.0. The molecule has 0 amide bonds. The van der Waals surface area contributed by atoms with Gasteiger partial charge in [0.15, 0.2) is 0 Å². The van der Waals surface area contributed by atoms with E-state index < -0.39 is 0 Å². The van der Waals surface area contributed by atoms with Crippen LogP contribution in [0.15, 0.2) is 0 Å². The molecule has 0 saturated heterocycles. The van der Waals surface area contributed by atoms with Crippen molar-refractivity contribution in [3.05, 3.63) is 0 Å². The molecule has 1 N–H and O–H groups in total. The SMILES string of the molecule is CCCCCCCCCCCCCCCCCCCCCCCCCCC(O)CCCCCCCCCCCCCCC. The first-order valence-electron chi connectivity index (χ1n) is 21.0. The van der Waals surface area contributed by atoms with Gasteiger partial charge >= 0.3 is 0 Å². The zero-order chi connectivity index (χ0) is 31.2. The van der Waals surface area contributed by atoms with Crippen molar-refractivity contribution in [2.24, 2.45) is 0 Å². The maximum atomic E-state index is 10.3. The average molecular weight is 607 g/mol. The maximum Gasteiger partial charge on any atom is 0.0540 e. The van der Waals surface area contributed by atoms with Crippen molar-refractivity contribution in [1.29, 1.82) is 0 Å². The molecular formula is C42H86O. The normalized spacial score (nSPS) is 12.3. The molecule has 0 saturated carbocycles. The quantitative estimate of drug-likeness (QED) is 0.0690. The fourth-order valence-corrected chi connectivity index (χ4v) is 6.88. The minimum Gasteiger partial charge on any atom is -0.393 e. The highest BCUT2D eigenvalue weighted by Gasteiger charge is 2.04. The molecule has 0 aliphatic heterocycles. The molecule has 0 aliphatic rings. The van der Waals surface area contributed by atoms with E-state index in [9.17, 15) is 5.11 Å². The molecule has 0 fully saturated rings. The Morgan fingerprint density at radius 2 is 0.372 bits per heavy atom. The van der Waals surface area contributed by atoms with Crippen molar-refractivity contribution in [2.45, 2.75) is 270 Å². The van der Waals surface area contributed by atoms with Gasteiger partial charge in [0.05, 0.1) is 6.10 Å². The van der Waals surface area contributed by atoms with Gasteiger partial charge < -0.3 is 5.11 Å². The molecule has 0 heterocycles. The monoisotopic (exact) mass is 607 g/mol. The first-order valence-corrected chi connectivity index (χ1v) is 21.0. The van der Waals surface area contributed by atoms with Crippen LogP contribution < -0.4 is 0 Å². The van der Waals surface area contributed by atoms with Crippen LogP contribution in [0.3, 0.4) is 0 Å². The lowest BCUT2D eigenvalue weighted by molar-refractivity contribution is 0.147. The summed E-state index contributed by atoms with van der Waals surface area (Å²) in [6.45, 7) is 4.60. The molecule has 1 nitrogen and oxygen atoms in total. The van der Waals surface area contributed by atoms with Crippen molar-refractivity contribution >= 4 is 0 Å². The second-order valence-electron chi connectivity index (χ2n) is 14.6. The lowest BCUT2D eigenvalue weighted by Gasteiger charge is -2.10. The predicted molar refractivity (Wildman–Crippen MR) is 197 cm³/mol. The molecule has 0 aromatic carbocycles. The molecule has 260 valence electrons. The van der Waals surface area contributed by atoms with Crippen LogP contribution in [0, 0.1) is 0 Å². The van der Waals surface area contributed by atoms with E-state index >= 15 is 0 Å². The van der Waals surface area contributed by atoms with Gasteiger partial charge in [-0.2, -0.15) is 0 Å². The second-order valence-corrected chi connectivity index (χ2v) is 14.6. The van der Waals surface area contributed by atoms with Crippen LogP contribution in [0.4, 0.5) is 0 Å². The van der Waals surface area contributed by atoms with Crippen LogP contribution in [0.2, 0.25) is 0 Å². The van der Waals surface area contributed by atoms with Crippen molar-refractivity contribution in [1.82, 2.24) is 0 Å². The summed E-state index contributed by atoms with van der Waals surface area (Å²) in [7, 11) is 0. The van der Waals surface area contributed by atoms with E-state index in [2.05, 4.69) is 13.8 Å². The first kappa shape index (κ1) is 43.0. The molecule has 0 spiro atoms. The van der Waals surface area contributed by atoms with Crippen molar-refractivity contribution < 1.29 is 5.11 Å². The molecule has 0 aromatic rings. The smallest absolute Gasteiger partial charge is 0.0540 e. The van der Waals surface area contributed by atoms with E-state index in [1.807, 2.05) is 0 Å². The van der Waals surface area contributed by atoms with Crippen LogP contribution in [-0.4, -0.2) is 11.2 Å². The van der Waals surface area contributed by atoms with Crippen LogP contribution in [0.1, 0.15) is 264 Å². The van der Waals surface area contributed by atoms with Gasteiger partial charge in [-0.1, -0.05) is 251 Å². The van der Waals surface area contributed by atoms with E-state index in [4.69, 9.17) is 0 Å². The number of aliphatic hydroxyl groups is 1. The summed E-state index contributed by atoms with van der Waals surface area (Å²) in [5, 5.41) is 10.3. The van der Waals surface area contributed by atoms with Crippen LogP contribution in [0.5, 0.6) is 0 Å². The highest BCUT2D eigenvalue weighted by molar-refractivity contribution is 4.58. The molecule has 43 heavy (non-hydrogen) atoms. The number of hydrogen-bond donors (Lipinski definition) is 1. The van der Waals surface area contributed by atoms with Crippen molar-refractivity contribution in [3.8, 4) is 0 Å². The van der Waals surface area contributed by atoms with Crippen molar-refractivity contribution in [2.75, 3.05) is 0 Å². The Hall–Kier alpha value is -0.0400. The number of hydrogen-bond acceptors (Lipinski definition) is 1. The maximum absolute atomic E-state index is 10.3. The first-order chi connectivity index (χ1) is 21.3. The van der Waals surface area contributed by atoms with Crippen LogP contribution >= 0.6 is 0 Å². The van der Waals surface area contributed by atoms with Gasteiger partial charge in [-0.05, 0) is 12.8 Å². The minimum absolute atomic E-state index is 0.0348. The highest BCUT2D eigenvalue weighted by atomic mass is 16.3. The van der Waals surface area contributed by atoms with Gasteiger partial charge in [0.1, 0.15) is 0 Å². The lowest BCUT2D eigenvalue weighted by atomic mass is 10.0. The zero-order valence-corrected chi connectivity index (χ0v) is 30.6. The summed E-state index contributed by atoms with van der Waals surface area (Å²) in [4.78, 5) is 0. The summed E-state index contributed by atoms with van der Waals surface area (Å²) < 4.78 is 0. The Bertz CT molecular complexity index is 460. The van der Waals surface area contributed by atoms with E-state index in [1.54, 1.807) is 0 Å². The third-order valence-corrected chi connectivity index (χ3v) is 10.0. The summed E-state index contributed by atoms with van der Waals surface area (Å²) in [6.07, 6.45) is 54.9. The molecular weight excluding hydrogens is 520 g/mol. The number of rotatable bonds is 39. The summed E-state index contributed by atoms with van der Waals surface area (Å²) in [5.41, 5.74) is 0. The minimum atomic E-state index is -0.0348. The molecule has 0 rings (SSSR count). The lowest BCUT2D eigenvalue weighted by Crippen LogP contribution is -2.05. The largest absolute Gasteiger partial charge is 0.393 e. The van der Waals surface area contributed by atoms with Gasteiger partial charge in [0, 0.05) is 0 Å². The Morgan fingerprint density at radius 1 is 0.233 bits per heavy atom. The standard InChI is InChI=1S/C42H86O/c1-3-5-7-9-11-13-15-17-18-19-20-21-22-23-24-25-26-27-29-31-33-35-37-39-41-42(43)40-38-36-34-32-30-28-16-14-12-10-8-6-4-2/h42-43H,3-41H2,1-2H3. The second kappa shape index (κ2) is 40.0. The van der Waals surface area contributed by atoms with E-state index in [1.165, 1.54) is 238 Å². The Labute approximate surface area is 274 Å². The Morgan fingerprint density at radius 3 is 0.535 bits per heavy atom. The molecule has 0 radical (unpaired) electrons. The van der Waals surface area contributed by atoms with Crippen molar-refractivity contribution in [3.63, 3.8) is 0 Å². The molecule has 0 aliphatic carbocycles. The van der Waals surface area contributed by atoms with Gasteiger partial charge in [0.2, 0.25) is 0 Å². The Kier molecular flexibility index (Phi) is 39.9. The fraction of sp³-hybridized carbons (Fsp3) is 1.00. The predicted octanol–water partition coefficient (Wildman–Crippen LogP) is 15.6. The Balaban J connectivity index is 3.12. The van der Waals surface area contributed by atoms with Crippen LogP contribution in [-0.2, 0) is 0 Å². The fourth-order valence-electron chi connectivity index (χ4n) is 6.88. The average Bonchev–Trinajstić information content (AvgIpc) is 3.01. The van der Waals surface area contributed by atoms with E-state index in [-0.39, 0.29) is 6.10 Å². The summed E-state index contributed by atoms with van der Waals surface area (Å²) in [5.74, 6) is 0. The molecule has 1 atom stereocenters. The van der Waals surface area contributed by atoms with Gasteiger partial charge in [-0.3, -0.25) is 0 Å². The van der Waals surface area contributed by atoms with E-state index in [0.717, 1.165) is 12.8 Å². The van der Waals surface area contributed by atoms with Gasteiger partial charge in [-0.25, -0.2) is 0 Å². The van der Waals surface area contributed by atoms with Gasteiger partial charge in [-0.15, -0.1) is 0 Å². The van der Waals surface area contributed by atoms with E-state index in [0.29, 0.717) is 0 Å². The molecule has 0 aromatic heterocycles. The molecule has 0 bridgehead atoms. The number of unbranched alkanes of at least 4 members (excludes halogenated alkanes) is 35. The summed E-state index contributed by atoms with van der Waals surface area (Å²) >= 11 is 0. The summed E-state index contributed by atoms with van der Waals surface area (Å²) in [6, 6.07) is 0.